The van der Waals surface area contributed by atoms with Gasteiger partial charge in [-0.2, -0.15) is 0 Å². The summed E-state index contributed by atoms with van der Waals surface area (Å²) in [4.78, 5) is 0. The zero-order chi connectivity index (χ0) is 12.4. The van der Waals surface area contributed by atoms with Gasteiger partial charge in [0.15, 0.2) is 0 Å². The average Bonchev–Trinajstić information content (AvgIpc) is 2.61. The maximum absolute atomic E-state index is 9.58. The Morgan fingerprint density at radius 1 is 1.71 bits per heavy atom. The first kappa shape index (κ1) is 12.6. The number of benzene rings is 1. The quantitative estimate of drug-likeness (QED) is 0.627. The lowest BCUT2D eigenvalue weighted by molar-refractivity contribution is 0.275. The van der Waals surface area contributed by atoms with Gasteiger partial charge in [0.05, 0.1) is 23.9 Å². The summed E-state index contributed by atoms with van der Waals surface area (Å²) in [6.45, 7) is 2.70. The number of fused-ring (bicyclic) bond motifs is 1. The van der Waals surface area contributed by atoms with Crippen LogP contribution in [0.3, 0.4) is 0 Å². The third kappa shape index (κ3) is 2.71. The lowest BCUT2D eigenvalue weighted by Crippen LogP contribution is -2.28. The highest BCUT2D eigenvalue weighted by molar-refractivity contribution is 7.80. The van der Waals surface area contributed by atoms with Crippen LogP contribution in [0.1, 0.15) is 12.5 Å². The van der Waals surface area contributed by atoms with Crippen LogP contribution in [0.2, 0.25) is 5.02 Å². The van der Waals surface area contributed by atoms with Crippen molar-refractivity contribution >= 4 is 47.3 Å². The van der Waals surface area contributed by atoms with E-state index in [1.165, 1.54) is 0 Å². The van der Waals surface area contributed by atoms with Crippen molar-refractivity contribution in [3.05, 3.63) is 22.7 Å². The zero-order valence-electron chi connectivity index (χ0n) is 9.20. The van der Waals surface area contributed by atoms with Gasteiger partial charge in [-0.25, -0.2) is 0 Å². The van der Waals surface area contributed by atoms with Crippen molar-refractivity contribution in [3.8, 4) is 0 Å². The summed E-state index contributed by atoms with van der Waals surface area (Å²) >= 11 is 11.1. The SMILES string of the molecule is CCOC(=S)Nc1cc2c(cc1Cl)COB2O. The summed E-state index contributed by atoms with van der Waals surface area (Å²) < 4.78 is 10.2. The molecule has 1 aromatic carbocycles. The van der Waals surface area contributed by atoms with E-state index >= 15 is 0 Å². The molecule has 17 heavy (non-hydrogen) atoms. The van der Waals surface area contributed by atoms with Crippen molar-refractivity contribution in [1.29, 1.82) is 0 Å². The summed E-state index contributed by atoms with van der Waals surface area (Å²) in [5, 5.41) is 13.2. The van der Waals surface area contributed by atoms with Gasteiger partial charge in [-0.15, -0.1) is 0 Å². The van der Waals surface area contributed by atoms with Crippen LogP contribution in [0.15, 0.2) is 12.1 Å². The van der Waals surface area contributed by atoms with E-state index < -0.39 is 7.12 Å². The Bertz CT molecular complexity index is 457. The summed E-state index contributed by atoms with van der Waals surface area (Å²) in [7, 11) is -0.900. The monoisotopic (exact) mass is 271 g/mol. The van der Waals surface area contributed by atoms with Crippen LogP contribution in [0.5, 0.6) is 0 Å². The molecule has 0 spiro atoms. The highest BCUT2D eigenvalue weighted by atomic mass is 35.5. The van der Waals surface area contributed by atoms with E-state index in [4.69, 9.17) is 33.2 Å². The molecule has 0 aliphatic carbocycles. The minimum atomic E-state index is -0.900. The van der Waals surface area contributed by atoms with Crippen LogP contribution < -0.4 is 10.8 Å². The minimum absolute atomic E-state index is 0.253. The Labute approximate surface area is 110 Å². The maximum atomic E-state index is 9.58. The van der Waals surface area contributed by atoms with Gasteiger partial charge in [0.25, 0.3) is 5.17 Å². The number of ether oxygens (including phenoxy) is 1. The molecule has 0 amide bonds. The first-order chi connectivity index (χ1) is 8.11. The molecule has 1 aliphatic rings. The van der Waals surface area contributed by atoms with Crippen molar-refractivity contribution in [2.75, 3.05) is 11.9 Å². The largest absolute Gasteiger partial charge is 0.491 e. The first-order valence-electron chi connectivity index (χ1n) is 5.17. The second-order valence-corrected chi connectivity index (χ2v) is 4.32. The molecule has 1 aliphatic heterocycles. The molecule has 0 saturated heterocycles. The summed E-state index contributed by atoms with van der Waals surface area (Å²) in [6, 6.07) is 3.48. The van der Waals surface area contributed by atoms with Crippen molar-refractivity contribution in [3.63, 3.8) is 0 Å². The number of thiocarbonyl (C=S) groups is 1. The Balaban J connectivity index is 2.23. The molecular weight excluding hydrogens is 260 g/mol. The molecule has 90 valence electrons. The third-order valence-electron chi connectivity index (χ3n) is 2.40. The number of halogens is 1. The lowest BCUT2D eigenvalue weighted by Gasteiger charge is -2.11. The average molecular weight is 272 g/mol. The highest BCUT2D eigenvalue weighted by Gasteiger charge is 2.28. The highest BCUT2D eigenvalue weighted by Crippen LogP contribution is 2.25. The molecule has 2 rings (SSSR count). The fourth-order valence-corrected chi connectivity index (χ4v) is 2.08. The predicted molar refractivity (Wildman–Crippen MR) is 71.7 cm³/mol. The van der Waals surface area contributed by atoms with Gasteiger partial charge >= 0.3 is 7.12 Å². The van der Waals surface area contributed by atoms with Crippen LogP contribution >= 0.6 is 23.8 Å². The standard InChI is InChI=1S/C10H11BClNO3S/c1-2-15-10(17)13-9-4-7-6(3-8(9)12)5-16-11(7)14/h3-4,14H,2,5H2,1H3,(H,13,17). The smallest absolute Gasteiger partial charge is 0.471 e. The van der Waals surface area contributed by atoms with E-state index in [1.807, 2.05) is 6.92 Å². The molecule has 0 atom stereocenters. The molecular formula is C10H11BClNO3S. The zero-order valence-corrected chi connectivity index (χ0v) is 10.8. The van der Waals surface area contributed by atoms with Crippen LogP contribution in [-0.4, -0.2) is 23.9 Å². The fourth-order valence-electron chi connectivity index (χ4n) is 1.62. The number of anilines is 1. The number of hydrogen-bond donors (Lipinski definition) is 2. The van der Waals surface area contributed by atoms with Crippen molar-refractivity contribution in [2.45, 2.75) is 13.5 Å². The molecule has 0 radical (unpaired) electrons. The van der Waals surface area contributed by atoms with Gasteiger partial charge in [0.1, 0.15) is 0 Å². The lowest BCUT2D eigenvalue weighted by atomic mass is 9.79. The number of hydrogen-bond acceptors (Lipinski definition) is 4. The van der Waals surface area contributed by atoms with Gasteiger partial charge in [0.2, 0.25) is 0 Å². The molecule has 2 N–H and O–H groups in total. The topological polar surface area (TPSA) is 50.7 Å². The van der Waals surface area contributed by atoms with Gasteiger partial charge < -0.3 is 19.7 Å². The first-order valence-corrected chi connectivity index (χ1v) is 5.96. The van der Waals surface area contributed by atoms with Gasteiger partial charge in [-0.05, 0) is 42.3 Å². The summed E-state index contributed by atoms with van der Waals surface area (Å²) in [5.41, 5.74) is 2.19. The molecule has 4 nitrogen and oxygen atoms in total. The summed E-state index contributed by atoms with van der Waals surface area (Å²) in [6.07, 6.45) is 0. The van der Waals surface area contributed by atoms with E-state index in [9.17, 15) is 5.02 Å². The third-order valence-corrected chi connectivity index (χ3v) is 2.94. The Hall–Kier alpha value is -0.815. The Morgan fingerprint density at radius 3 is 3.18 bits per heavy atom. The fraction of sp³-hybridized carbons (Fsp3) is 0.300. The maximum Gasteiger partial charge on any atom is 0.491 e. The molecule has 1 aromatic rings. The molecule has 0 unspecified atom stereocenters. The second-order valence-electron chi connectivity index (χ2n) is 3.54. The summed E-state index contributed by atoms with van der Waals surface area (Å²) in [5.74, 6) is 0. The van der Waals surface area contributed by atoms with E-state index in [0.717, 1.165) is 5.56 Å². The van der Waals surface area contributed by atoms with Gasteiger partial charge in [0, 0.05) is 0 Å². The molecule has 0 aromatic heterocycles. The van der Waals surface area contributed by atoms with E-state index in [0.29, 0.717) is 29.4 Å². The molecule has 0 fully saturated rings. The van der Waals surface area contributed by atoms with Crippen molar-refractivity contribution < 1.29 is 14.4 Å². The predicted octanol–water partition coefficient (Wildman–Crippen LogP) is 1.29. The van der Waals surface area contributed by atoms with Crippen molar-refractivity contribution in [1.82, 2.24) is 0 Å². The van der Waals surface area contributed by atoms with E-state index in [2.05, 4.69) is 5.32 Å². The van der Waals surface area contributed by atoms with Gasteiger partial charge in [-0.3, -0.25) is 0 Å². The van der Waals surface area contributed by atoms with Crippen LogP contribution in [0.4, 0.5) is 5.69 Å². The Kier molecular flexibility index (Phi) is 3.88. The minimum Gasteiger partial charge on any atom is -0.471 e. The molecule has 0 bridgehead atoms. The van der Waals surface area contributed by atoms with Crippen molar-refractivity contribution in [2.24, 2.45) is 0 Å². The molecule has 1 heterocycles. The van der Waals surface area contributed by atoms with Crippen LogP contribution in [0.25, 0.3) is 0 Å². The Morgan fingerprint density at radius 2 is 2.47 bits per heavy atom. The molecule has 0 saturated carbocycles. The van der Waals surface area contributed by atoms with E-state index in [-0.39, 0.29) is 5.17 Å². The second kappa shape index (κ2) is 5.22. The van der Waals surface area contributed by atoms with Crippen LogP contribution in [0, 0.1) is 0 Å². The van der Waals surface area contributed by atoms with Crippen LogP contribution in [-0.2, 0) is 16.0 Å². The number of nitrogens with one attached hydrogen (secondary N) is 1. The van der Waals surface area contributed by atoms with E-state index in [1.54, 1.807) is 12.1 Å². The van der Waals surface area contributed by atoms with Gasteiger partial charge in [-0.1, -0.05) is 11.6 Å². The normalized spacial score (nSPS) is 13.5. The molecule has 7 heteroatoms. The number of rotatable bonds is 2.